The summed E-state index contributed by atoms with van der Waals surface area (Å²) in [5.74, 6) is -3.98. The first kappa shape index (κ1) is 17.7. The van der Waals surface area contributed by atoms with E-state index in [1.165, 1.54) is 18.3 Å². The topological polar surface area (TPSA) is 49.8 Å². The van der Waals surface area contributed by atoms with Crippen LogP contribution in [0.3, 0.4) is 0 Å². The van der Waals surface area contributed by atoms with Crippen LogP contribution >= 0.6 is 0 Å². The monoisotopic (exact) mass is 362 g/mol. The first-order valence-electron chi connectivity index (χ1n) is 7.75. The number of halogens is 4. The van der Waals surface area contributed by atoms with Crippen LogP contribution in [0.5, 0.6) is 0 Å². The summed E-state index contributed by atoms with van der Waals surface area (Å²) in [6.45, 7) is 0.529. The first-order valence-corrected chi connectivity index (χ1v) is 7.75. The van der Waals surface area contributed by atoms with Crippen LogP contribution in [0.25, 0.3) is 0 Å². The Labute approximate surface area is 146 Å². The molecule has 0 bridgehead atoms. The molecule has 3 rings (SSSR count). The van der Waals surface area contributed by atoms with Gasteiger partial charge in [0.05, 0.1) is 5.69 Å². The highest BCUT2D eigenvalue weighted by atomic mass is 19.2. The lowest BCUT2D eigenvalue weighted by atomic mass is 10.1. The molecule has 0 unspecified atom stereocenters. The standard InChI is InChI=1S/C18H14F4N4/c19-12-3-1-11(2-4-12)7-9-23-15-8-10-24-18(26-15)25-14-6-5-13(20)16(21)17(14)22/h1-6,8,10H,7,9H2,(H2,23,24,25,26). The fourth-order valence-corrected chi connectivity index (χ4v) is 2.25. The fraction of sp³-hybridized carbons (Fsp3) is 0.111. The summed E-state index contributed by atoms with van der Waals surface area (Å²) < 4.78 is 52.8. The number of anilines is 3. The van der Waals surface area contributed by atoms with Crippen LogP contribution in [0, 0.1) is 23.3 Å². The molecule has 0 saturated carbocycles. The molecule has 134 valence electrons. The minimum Gasteiger partial charge on any atom is -0.370 e. The lowest BCUT2D eigenvalue weighted by Gasteiger charge is -2.09. The van der Waals surface area contributed by atoms with Gasteiger partial charge < -0.3 is 10.6 Å². The van der Waals surface area contributed by atoms with E-state index >= 15 is 0 Å². The molecular formula is C18H14F4N4. The Morgan fingerprint density at radius 2 is 1.62 bits per heavy atom. The molecule has 0 radical (unpaired) electrons. The van der Waals surface area contributed by atoms with E-state index in [-0.39, 0.29) is 17.5 Å². The van der Waals surface area contributed by atoms with Crippen LogP contribution in [0.1, 0.15) is 5.56 Å². The maximum Gasteiger partial charge on any atom is 0.229 e. The van der Waals surface area contributed by atoms with Crippen molar-refractivity contribution in [3.63, 3.8) is 0 Å². The molecule has 2 N–H and O–H groups in total. The van der Waals surface area contributed by atoms with Gasteiger partial charge in [-0.15, -0.1) is 0 Å². The van der Waals surface area contributed by atoms with Gasteiger partial charge in [-0.2, -0.15) is 4.98 Å². The van der Waals surface area contributed by atoms with Crippen LogP contribution in [0.4, 0.5) is 35.0 Å². The molecule has 1 aromatic heterocycles. The molecule has 0 aliphatic rings. The van der Waals surface area contributed by atoms with E-state index in [0.717, 1.165) is 17.7 Å². The van der Waals surface area contributed by atoms with Gasteiger partial charge in [-0.1, -0.05) is 12.1 Å². The molecule has 0 aliphatic heterocycles. The van der Waals surface area contributed by atoms with Gasteiger partial charge in [-0.05, 0) is 42.3 Å². The van der Waals surface area contributed by atoms with Crippen molar-refractivity contribution < 1.29 is 17.6 Å². The van der Waals surface area contributed by atoms with Crippen molar-refractivity contribution in [1.29, 1.82) is 0 Å². The van der Waals surface area contributed by atoms with Gasteiger partial charge >= 0.3 is 0 Å². The van der Waals surface area contributed by atoms with E-state index in [4.69, 9.17) is 0 Å². The van der Waals surface area contributed by atoms with Crippen molar-refractivity contribution >= 4 is 17.5 Å². The number of nitrogens with one attached hydrogen (secondary N) is 2. The van der Waals surface area contributed by atoms with Crippen molar-refractivity contribution in [2.45, 2.75) is 6.42 Å². The third kappa shape index (κ3) is 4.27. The highest BCUT2D eigenvalue weighted by molar-refractivity contribution is 5.55. The highest BCUT2D eigenvalue weighted by Gasteiger charge is 2.14. The lowest BCUT2D eigenvalue weighted by Crippen LogP contribution is -2.08. The summed E-state index contributed by atoms with van der Waals surface area (Å²) in [7, 11) is 0. The Morgan fingerprint density at radius 3 is 2.38 bits per heavy atom. The van der Waals surface area contributed by atoms with Gasteiger partial charge in [0.1, 0.15) is 11.6 Å². The van der Waals surface area contributed by atoms with Gasteiger partial charge in [0, 0.05) is 12.7 Å². The van der Waals surface area contributed by atoms with Crippen molar-refractivity contribution in [3.8, 4) is 0 Å². The zero-order valence-corrected chi connectivity index (χ0v) is 13.4. The Hall–Kier alpha value is -3.16. The lowest BCUT2D eigenvalue weighted by molar-refractivity contribution is 0.449. The second-order valence-corrected chi connectivity index (χ2v) is 5.42. The van der Waals surface area contributed by atoms with Crippen LogP contribution < -0.4 is 10.6 Å². The van der Waals surface area contributed by atoms with Gasteiger partial charge in [0.2, 0.25) is 5.95 Å². The summed E-state index contributed by atoms with van der Waals surface area (Å²) in [6.07, 6.45) is 2.08. The van der Waals surface area contributed by atoms with E-state index < -0.39 is 17.5 Å². The van der Waals surface area contributed by atoms with Crippen LogP contribution in [-0.2, 0) is 6.42 Å². The van der Waals surface area contributed by atoms with Crippen molar-refractivity contribution in [2.24, 2.45) is 0 Å². The summed E-state index contributed by atoms with van der Waals surface area (Å²) in [5, 5.41) is 5.57. The number of rotatable bonds is 6. The third-order valence-electron chi connectivity index (χ3n) is 3.57. The maximum atomic E-state index is 13.7. The minimum absolute atomic E-state index is 0.0293. The molecule has 0 aliphatic carbocycles. The average Bonchev–Trinajstić information content (AvgIpc) is 2.64. The molecule has 3 aromatic rings. The quantitative estimate of drug-likeness (QED) is 0.503. The number of benzene rings is 2. The minimum atomic E-state index is -1.57. The predicted octanol–water partition coefficient (Wildman–Crippen LogP) is 4.43. The SMILES string of the molecule is Fc1ccc(CCNc2ccnc(Nc3ccc(F)c(F)c3F)n2)cc1. The number of aromatic nitrogens is 2. The third-order valence-corrected chi connectivity index (χ3v) is 3.57. The molecule has 2 aromatic carbocycles. The Kier molecular flexibility index (Phi) is 5.31. The summed E-state index contributed by atoms with van der Waals surface area (Å²) in [5.41, 5.74) is 0.683. The van der Waals surface area contributed by atoms with E-state index in [9.17, 15) is 17.6 Å². The summed E-state index contributed by atoms with van der Waals surface area (Å²) >= 11 is 0. The normalized spacial score (nSPS) is 10.6. The van der Waals surface area contributed by atoms with Crippen molar-refractivity contribution in [1.82, 2.24) is 9.97 Å². The number of hydrogen-bond donors (Lipinski definition) is 2. The second kappa shape index (κ2) is 7.81. The van der Waals surface area contributed by atoms with E-state index in [2.05, 4.69) is 20.6 Å². The molecule has 0 amide bonds. The molecule has 0 fully saturated rings. The second-order valence-electron chi connectivity index (χ2n) is 5.42. The molecule has 0 spiro atoms. The van der Waals surface area contributed by atoms with Crippen LogP contribution in [0.15, 0.2) is 48.7 Å². The predicted molar refractivity (Wildman–Crippen MR) is 90.2 cm³/mol. The zero-order chi connectivity index (χ0) is 18.5. The van der Waals surface area contributed by atoms with E-state index in [0.29, 0.717) is 18.8 Å². The van der Waals surface area contributed by atoms with Crippen LogP contribution in [0.2, 0.25) is 0 Å². The molecular weight excluding hydrogens is 348 g/mol. The molecule has 8 heteroatoms. The largest absolute Gasteiger partial charge is 0.370 e. The zero-order valence-electron chi connectivity index (χ0n) is 13.4. The summed E-state index contributed by atoms with van der Waals surface area (Å²) in [6, 6.07) is 9.64. The van der Waals surface area contributed by atoms with Crippen LogP contribution in [-0.4, -0.2) is 16.5 Å². The fourth-order valence-electron chi connectivity index (χ4n) is 2.25. The Morgan fingerprint density at radius 1 is 0.846 bits per heavy atom. The van der Waals surface area contributed by atoms with E-state index in [1.54, 1.807) is 18.2 Å². The van der Waals surface area contributed by atoms with Gasteiger partial charge in [-0.25, -0.2) is 22.5 Å². The molecule has 4 nitrogen and oxygen atoms in total. The first-order chi connectivity index (χ1) is 12.5. The Balaban J connectivity index is 1.63. The smallest absolute Gasteiger partial charge is 0.229 e. The van der Waals surface area contributed by atoms with Gasteiger partial charge in [-0.3, -0.25) is 0 Å². The number of hydrogen-bond acceptors (Lipinski definition) is 4. The van der Waals surface area contributed by atoms with Gasteiger partial charge in [0.15, 0.2) is 17.5 Å². The maximum absolute atomic E-state index is 13.7. The van der Waals surface area contributed by atoms with Gasteiger partial charge in [0.25, 0.3) is 0 Å². The Bertz CT molecular complexity index is 900. The summed E-state index contributed by atoms with van der Waals surface area (Å²) in [4.78, 5) is 8.05. The molecule has 26 heavy (non-hydrogen) atoms. The average molecular weight is 362 g/mol. The molecule has 0 saturated heterocycles. The number of nitrogens with zero attached hydrogens (tertiary/aromatic N) is 2. The highest BCUT2D eigenvalue weighted by Crippen LogP contribution is 2.22. The molecule has 1 heterocycles. The molecule has 0 atom stereocenters. The van der Waals surface area contributed by atoms with E-state index in [1.807, 2.05) is 0 Å². The van der Waals surface area contributed by atoms with Crippen molar-refractivity contribution in [3.05, 3.63) is 77.5 Å². The van der Waals surface area contributed by atoms with Crippen molar-refractivity contribution in [2.75, 3.05) is 17.2 Å².